The third-order valence-electron chi connectivity index (χ3n) is 4.56. The van der Waals surface area contributed by atoms with Crippen LogP contribution in [0.15, 0.2) is 31.4 Å². The standard InChI is InChI=1S/C19H25N5O3/c1-3-14-12-17(23-19(22-14)24-9-8-20-13-24)18(25)21-15-4-6-16(7-5-15)27-11-10-26-2/h3,8-9,12-13,15-16H,1,4-7,10-11H2,2H3,(H,21,25). The van der Waals surface area contributed by atoms with Crippen molar-refractivity contribution in [2.24, 2.45) is 0 Å². The van der Waals surface area contributed by atoms with Gasteiger partial charge in [0.1, 0.15) is 12.0 Å². The van der Waals surface area contributed by atoms with Crippen molar-refractivity contribution < 1.29 is 14.3 Å². The number of carbonyl (C=O) groups is 1. The molecular formula is C19H25N5O3. The molecule has 1 saturated carbocycles. The summed E-state index contributed by atoms with van der Waals surface area (Å²) < 4.78 is 12.4. The monoisotopic (exact) mass is 371 g/mol. The van der Waals surface area contributed by atoms with Crippen molar-refractivity contribution in [2.75, 3.05) is 20.3 Å². The average Bonchev–Trinajstić information content (AvgIpc) is 3.24. The van der Waals surface area contributed by atoms with Crippen molar-refractivity contribution in [3.8, 4) is 5.95 Å². The Balaban J connectivity index is 1.60. The van der Waals surface area contributed by atoms with Crippen LogP contribution in [0.1, 0.15) is 41.9 Å². The first-order valence-corrected chi connectivity index (χ1v) is 9.11. The molecule has 1 N–H and O–H groups in total. The molecule has 1 aliphatic carbocycles. The molecule has 27 heavy (non-hydrogen) atoms. The summed E-state index contributed by atoms with van der Waals surface area (Å²) in [5.41, 5.74) is 0.913. The van der Waals surface area contributed by atoms with E-state index in [0.29, 0.717) is 30.5 Å². The lowest BCUT2D eigenvalue weighted by atomic mass is 9.93. The largest absolute Gasteiger partial charge is 0.382 e. The zero-order chi connectivity index (χ0) is 19.1. The van der Waals surface area contributed by atoms with Crippen molar-refractivity contribution in [3.05, 3.63) is 42.8 Å². The average molecular weight is 371 g/mol. The molecule has 0 radical (unpaired) electrons. The van der Waals surface area contributed by atoms with E-state index in [9.17, 15) is 4.79 Å². The Bertz CT molecular complexity index is 755. The highest BCUT2D eigenvalue weighted by Crippen LogP contribution is 2.21. The van der Waals surface area contributed by atoms with Gasteiger partial charge in [0.25, 0.3) is 5.91 Å². The fraction of sp³-hybridized carbons (Fsp3) is 0.474. The summed E-state index contributed by atoms with van der Waals surface area (Å²) in [4.78, 5) is 25.4. The van der Waals surface area contributed by atoms with Crippen LogP contribution < -0.4 is 5.32 Å². The maximum absolute atomic E-state index is 12.7. The van der Waals surface area contributed by atoms with Gasteiger partial charge in [-0.15, -0.1) is 0 Å². The molecule has 0 unspecified atom stereocenters. The summed E-state index contributed by atoms with van der Waals surface area (Å²) in [7, 11) is 1.67. The highest BCUT2D eigenvalue weighted by Gasteiger charge is 2.24. The van der Waals surface area contributed by atoms with Gasteiger partial charge in [0.15, 0.2) is 0 Å². The Morgan fingerprint density at radius 3 is 2.81 bits per heavy atom. The topological polar surface area (TPSA) is 91.2 Å². The summed E-state index contributed by atoms with van der Waals surface area (Å²) in [6, 6.07) is 1.76. The van der Waals surface area contributed by atoms with Gasteiger partial charge in [-0.2, -0.15) is 0 Å². The van der Waals surface area contributed by atoms with Crippen LogP contribution in [0.25, 0.3) is 12.0 Å². The van der Waals surface area contributed by atoms with Crippen molar-refractivity contribution in [1.29, 1.82) is 0 Å². The zero-order valence-electron chi connectivity index (χ0n) is 15.5. The van der Waals surface area contributed by atoms with E-state index in [1.54, 1.807) is 42.5 Å². The van der Waals surface area contributed by atoms with Crippen molar-refractivity contribution in [3.63, 3.8) is 0 Å². The third kappa shape index (κ3) is 5.21. The molecule has 2 aromatic rings. The number of rotatable bonds is 8. The van der Waals surface area contributed by atoms with Crippen molar-refractivity contribution in [1.82, 2.24) is 24.8 Å². The van der Waals surface area contributed by atoms with E-state index < -0.39 is 0 Å². The van der Waals surface area contributed by atoms with E-state index in [-0.39, 0.29) is 18.1 Å². The van der Waals surface area contributed by atoms with E-state index in [1.165, 1.54) is 0 Å². The number of amides is 1. The van der Waals surface area contributed by atoms with Crippen LogP contribution in [0.5, 0.6) is 0 Å². The summed E-state index contributed by atoms with van der Waals surface area (Å²) >= 11 is 0. The molecule has 1 aliphatic rings. The van der Waals surface area contributed by atoms with Crippen LogP contribution in [0, 0.1) is 0 Å². The Kier molecular flexibility index (Phi) is 6.67. The number of nitrogens with zero attached hydrogens (tertiary/aromatic N) is 4. The van der Waals surface area contributed by atoms with Crippen molar-refractivity contribution >= 4 is 12.0 Å². The molecule has 3 rings (SSSR count). The maximum atomic E-state index is 12.7. The van der Waals surface area contributed by atoms with E-state index in [2.05, 4.69) is 26.8 Å². The molecule has 8 nitrogen and oxygen atoms in total. The fourth-order valence-electron chi connectivity index (χ4n) is 3.10. The van der Waals surface area contributed by atoms with E-state index in [4.69, 9.17) is 9.47 Å². The molecule has 0 aromatic carbocycles. The molecule has 0 aliphatic heterocycles. The number of ether oxygens (including phenoxy) is 2. The number of nitrogens with one attached hydrogen (secondary N) is 1. The molecule has 0 bridgehead atoms. The zero-order valence-corrected chi connectivity index (χ0v) is 15.5. The molecule has 1 fully saturated rings. The normalized spacial score (nSPS) is 19.6. The second-order valence-corrected chi connectivity index (χ2v) is 6.46. The number of methoxy groups -OCH3 is 1. The maximum Gasteiger partial charge on any atom is 0.270 e. The molecule has 1 amide bonds. The molecular weight excluding hydrogens is 346 g/mol. The predicted octanol–water partition coefficient (Wildman–Crippen LogP) is 2.01. The predicted molar refractivity (Wildman–Crippen MR) is 101 cm³/mol. The lowest BCUT2D eigenvalue weighted by Crippen LogP contribution is -2.39. The first kappa shape index (κ1) is 19.2. The van der Waals surface area contributed by atoms with E-state index in [0.717, 1.165) is 25.7 Å². The second-order valence-electron chi connectivity index (χ2n) is 6.46. The number of hydrogen-bond acceptors (Lipinski definition) is 6. The molecule has 0 atom stereocenters. The smallest absolute Gasteiger partial charge is 0.270 e. The van der Waals surface area contributed by atoms with Gasteiger partial charge in [0.2, 0.25) is 5.95 Å². The highest BCUT2D eigenvalue weighted by molar-refractivity contribution is 5.93. The van der Waals surface area contributed by atoms with E-state index in [1.807, 2.05) is 0 Å². The Labute approximate surface area is 158 Å². The van der Waals surface area contributed by atoms with Crippen LogP contribution >= 0.6 is 0 Å². The van der Waals surface area contributed by atoms with Crippen LogP contribution in [-0.4, -0.2) is 57.9 Å². The van der Waals surface area contributed by atoms with Crippen LogP contribution in [0.2, 0.25) is 0 Å². The number of carbonyl (C=O) groups excluding carboxylic acids is 1. The van der Waals surface area contributed by atoms with Crippen LogP contribution in [-0.2, 0) is 9.47 Å². The molecule has 0 saturated heterocycles. The first-order valence-electron chi connectivity index (χ1n) is 9.11. The number of aromatic nitrogens is 4. The lowest BCUT2D eigenvalue weighted by Gasteiger charge is -2.29. The minimum atomic E-state index is -0.203. The van der Waals surface area contributed by atoms with Crippen molar-refractivity contribution in [2.45, 2.75) is 37.8 Å². The minimum Gasteiger partial charge on any atom is -0.382 e. The molecule has 2 aromatic heterocycles. The van der Waals surface area contributed by atoms with Gasteiger partial charge < -0.3 is 14.8 Å². The Morgan fingerprint density at radius 1 is 1.33 bits per heavy atom. The number of imidazole rings is 1. The van der Waals surface area contributed by atoms with Gasteiger partial charge in [-0.25, -0.2) is 15.0 Å². The van der Waals surface area contributed by atoms with Gasteiger partial charge in [-0.3, -0.25) is 9.36 Å². The third-order valence-corrected chi connectivity index (χ3v) is 4.56. The number of hydrogen-bond donors (Lipinski definition) is 1. The van der Waals surface area contributed by atoms with E-state index >= 15 is 0 Å². The molecule has 144 valence electrons. The highest BCUT2D eigenvalue weighted by atomic mass is 16.5. The summed E-state index contributed by atoms with van der Waals surface area (Å²) in [5, 5.41) is 3.08. The molecule has 8 heteroatoms. The van der Waals surface area contributed by atoms with Gasteiger partial charge in [0.05, 0.1) is 25.0 Å². The Hall–Kier alpha value is -2.58. The minimum absolute atomic E-state index is 0.124. The van der Waals surface area contributed by atoms with Crippen LogP contribution in [0.4, 0.5) is 0 Å². The lowest BCUT2D eigenvalue weighted by molar-refractivity contribution is -0.00409. The fourth-order valence-corrected chi connectivity index (χ4v) is 3.10. The van der Waals surface area contributed by atoms with Gasteiger partial charge in [0, 0.05) is 25.5 Å². The van der Waals surface area contributed by atoms with Gasteiger partial charge in [-0.05, 0) is 37.8 Å². The van der Waals surface area contributed by atoms with Gasteiger partial charge >= 0.3 is 0 Å². The molecule has 2 heterocycles. The summed E-state index contributed by atoms with van der Waals surface area (Å²) in [5.74, 6) is 0.191. The van der Waals surface area contributed by atoms with Gasteiger partial charge in [-0.1, -0.05) is 6.58 Å². The quantitative estimate of drug-likeness (QED) is 0.714. The Morgan fingerprint density at radius 2 is 2.15 bits per heavy atom. The summed E-state index contributed by atoms with van der Waals surface area (Å²) in [6.07, 6.45) is 10.4. The SMILES string of the molecule is C=Cc1cc(C(=O)NC2CCC(OCCOC)CC2)nc(-n2ccnc2)n1. The first-order chi connectivity index (χ1) is 13.2. The second kappa shape index (κ2) is 9.38. The molecule has 0 spiro atoms. The summed E-state index contributed by atoms with van der Waals surface area (Å²) in [6.45, 7) is 4.96. The van der Waals surface area contributed by atoms with Crippen LogP contribution in [0.3, 0.4) is 0 Å².